The summed E-state index contributed by atoms with van der Waals surface area (Å²) in [5.41, 5.74) is 0. The van der Waals surface area contributed by atoms with Gasteiger partial charge in [0.25, 0.3) is 0 Å². The summed E-state index contributed by atoms with van der Waals surface area (Å²) in [5, 5.41) is 6.22. The van der Waals surface area contributed by atoms with Gasteiger partial charge in [0.05, 0.1) is 19.3 Å². The first kappa shape index (κ1) is 13.8. The Balaban J connectivity index is 1.74. The number of rotatable bonds is 4. The lowest BCUT2D eigenvalue weighted by Crippen LogP contribution is -2.49. The van der Waals surface area contributed by atoms with E-state index < -0.39 is 0 Å². The topological polar surface area (TPSA) is 59.6 Å². The molecule has 0 bridgehead atoms. The number of nitrogens with one attached hydrogen (secondary N) is 2. The molecule has 1 saturated heterocycles. The normalized spacial score (nSPS) is 25.2. The lowest BCUT2D eigenvalue weighted by Gasteiger charge is -2.36. The fraction of sp³-hybridized carbons (Fsp3) is 0.923. The van der Waals surface area contributed by atoms with E-state index in [9.17, 15) is 4.79 Å². The molecule has 2 aliphatic rings. The van der Waals surface area contributed by atoms with Crippen molar-refractivity contribution in [2.75, 3.05) is 19.8 Å². The highest BCUT2D eigenvalue weighted by Gasteiger charge is 2.40. The molecule has 1 heterocycles. The van der Waals surface area contributed by atoms with Crippen LogP contribution in [0.1, 0.15) is 39.5 Å². The molecule has 18 heavy (non-hydrogen) atoms. The van der Waals surface area contributed by atoms with Crippen LogP contribution in [0.4, 0.5) is 0 Å². The molecule has 0 aromatic carbocycles. The molecule has 1 unspecified atom stereocenters. The van der Waals surface area contributed by atoms with Gasteiger partial charge in [0.1, 0.15) is 0 Å². The van der Waals surface area contributed by atoms with Gasteiger partial charge >= 0.3 is 0 Å². The Morgan fingerprint density at radius 1 is 1.33 bits per heavy atom. The van der Waals surface area contributed by atoms with E-state index in [1.54, 1.807) is 0 Å². The summed E-state index contributed by atoms with van der Waals surface area (Å²) in [6.45, 7) is 5.96. The number of carbonyl (C=O) groups is 1. The van der Waals surface area contributed by atoms with Crippen molar-refractivity contribution < 1.29 is 14.3 Å². The highest BCUT2D eigenvalue weighted by Crippen LogP contribution is 2.35. The lowest BCUT2D eigenvalue weighted by molar-refractivity contribution is -0.179. The highest BCUT2D eigenvalue weighted by molar-refractivity contribution is 5.81. The molecule has 1 atom stereocenters. The quantitative estimate of drug-likeness (QED) is 0.780. The van der Waals surface area contributed by atoms with E-state index in [0.717, 1.165) is 25.7 Å². The van der Waals surface area contributed by atoms with Crippen LogP contribution in [0.25, 0.3) is 0 Å². The monoisotopic (exact) mass is 256 g/mol. The van der Waals surface area contributed by atoms with Crippen LogP contribution < -0.4 is 10.6 Å². The molecule has 1 saturated carbocycles. The Morgan fingerprint density at radius 3 is 2.50 bits per heavy atom. The molecular formula is C13H24N2O3. The van der Waals surface area contributed by atoms with Crippen LogP contribution in [0.2, 0.25) is 0 Å². The first-order chi connectivity index (χ1) is 8.65. The number of likely N-dealkylation sites (N-methyl/N-ethyl adjacent to an activating group) is 1. The first-order valence-corrected chi connectivity index (χ1v) is 6.97. The third-order valence-electron chi connectivity index (χ3n) is 3.79. The van der Waals surface area contributed by atoms with Crippen LogP contribution in [0.3, 0.4) is 0 Å². The summed E-state index contributed by atoms with van der Waals surface area (Å²) in [5.74, 6) is -0.237. The van der Waals surface area contributed by atoms with E-state index in [1.165, 1.54) is 0 Å². The molecule has 5 heteroatoms. The SMILES string of the molecule is CCNC(=O)C(C)NC1CCC2(CC1)OCCO2. The van der Waals surface area contributed by atoms with Gasteiger partial charge in [-0.15, -0.1) is 0 Å². The standard InChI is InChI=1S/C13H24N2O3/c1-3-14-12(16)10(2)15-11-4-6-13(7-5-11)17-8-9-18-13/h10-11,15H,3-9H2,1-2H3,(H,14,16). The van der Waals surface area contributed by atoms with Crippen LogP contribution in [-0.4, -0.2) is 43.5 Å². The molecule has 1 spiro atoms. The molecular weight excluding hydrogens is 232 g/mol. The Hall–Kier alpha value is -0.650. The Bertz CT molecular complexity index is 280. The number of amides is 1. The van der Waals surface area contributed by atoms with Gasteiger partial charge in [-0.2, -0.15) is 0 Å². The van der Waals surface area contributed by atoms with E-state index in [2.05, 4.69) is 10.6 Å². The third kappa shape index (κ3) is 3.22. The second kappa shape index (κ2) is 5.99. The summed E-state index contributed by atoms with van der Waals surface area (Å²) in [7, 11) is 0. The van der Waals surface area contributed by atoms with Crippen molar-refractivity contribution in [2.45, 2.75) is 57.4 Å². The van der Waals surface area contributed by atoms with Crippen molar-refractivity contribution in [1.82, 2.24) is 10.6 Å². The summed E-state index contributed by atoms with van der Waals surface area (Å²) < 4.78 is 11.4. The van der Waals surface area contributed by atoms with E-state index in [1.807, 2.05) is 13.8 Å². The maximum Gasteiger partial charge on any atom is 0.236 e. The Kier molecular flexibility index (Phi) is 4.59. The zero-order valence-corrected chi connectivity index (χ0v) is 11.3. The summed E-state index contributed by atoms with van der Waals surface area (Å²) in [6, 6.07) is 0.260. The summed E-state index contributed by atoms with van der Waals surface area (Å²) in [6.07, 6.45) is 3.85. The van der Waals surface area contributed by atoms with E-state index >= 15 is 0 Å². The summed E-state index contributed by atoms with van der Waals surface area (Å²) in [4.78, 5) is 11.6. The number of carbonyl (C=O) groups excluding carboxylic acids is 1. The average molecular weight is 256 g/mol. The zero-order valence-electron chi connectivity index (χ0n) is 11.3. The second-order valence-electron chi connectivity index (χ2n) is 5.16. The van der Waals surface area contributed by atoms with Gasteiger partial charge in [0.2, 0.25) is 5.91 Å². The van der Waals surface area contributed by atoms with Crippen molar-refractivity contribution in [2.24, 2.45) is 0 Å². The lowest BCUT2D eigenvalue weighted by atomic mass is 9.89. The fourth-order valence-electron chi connectivity index (χ4n) is 2.77. The highest BCUT2D eigenvalue weighted by atomic mass is 16.7. The minimum atomic E-state index is -0.312. The van der Waals surface area contributed by atoms with Crippen LogP contribution in [0.15, 0.2) is 0 Å². The number of hydrogen-bond donors (Lipinski definition) is 2. The molecule has 1 aliphatic heterocycles. The molecule has 104 valence electrons. The maximum absolute atomic E-state index is 11.6. The molecule has 1 aliphatic carbocycles. The first-order valence-electron chi connectivity index (χ1n) is 6.97. The van der Waals surface area contributed by atoms with Crippen LogP contribution in [0, 0.1) is 0 Å². The van der Waals surface area contributed by atoms with E-state index in [4.69, 9.17) is 9.47 Å². The smallest absolute Gasteiger partial charge is 0.236 e. The maximum atomic E-state index is 11.6. The predicted octanol–water partition coefficient (Wildman–Crippen LogP) is 0.786. The molecule has 2 rings (SSSR count). The minimum Gasteiger partial charge on any atom is -0.355 e. The molecule has 1 amide bonds. The van der Waals surface area contributed by atoms with Crippen molar-refractivity contribution in [1.29, 1.82) is 0 Å². The second-order valence-corrected chi connectivity index (χ2v) is 5.16. The summed E-state index contributed by atoms with van der Waals surface area (Å²) >= 11 is 0. The van der Waals surface area contributed by atoms with Gasteiger partial charge in [0, 0.05) is 25.4 Å². The van der Waals surface area contributed by atoms with Crippen molar-refractivity contribution >= 4 is 5.91 Å². The molecule has 2 fully saturated rings. The predicted molar refractivity (Wildman–Crippen MR) is 68.2 cm³/mol. The van der Waals surface area contributed by atoms with Gasteiger partial charge in [-0.3, -0.25) is 4.79 Å². The minimum absolute atomic E-state index is 0.0751. The van der Waals surface area contributed by atoms with Gasteiger partial charge in [-0.1, -0.05) is 0 Å². The third-order valence-corrected chi connectivity index (χ3v) is 3.79. The number of hydrogen-bond acceptors (Lipinski definition) is 4. The molecule has 0 aromatic rings. The van der Waals surface area contributed by atoms with Crippen LogP contribution in [0.5, 0.6) is 0 Å². The van der Waals surface area contributed by atoms with Crippen LogP contribution >= 0.6 is 0 Å². The van der Waals surface area contributed by atoms with Gasteiger partial charge in [-0.25, -0.2) is 0 Å². The van der Waals surface area contributed by atoms with E-state index in [0.29, 0.717) is 25.8 Å². The van der Waals surface area contributed by atoms with E-state index in [-0.39, 0.29) is 17.7 Å². The Morgan fingerprint density at radius 2 is 1.94 bits per heavy atom. The van der Waals surface area contributed by atoms with Crippen molar-refractivity contribution in [3.8, 4) is 0 Å². The van der Waals surface area contributed by atoms with Crippen LogP contribution in [-0.2, 0) is 14.3 Å². The van der Waals surface area contributed by atoms with Crippen molar-refractivity contribution in [3.63, 3.8) is 0 Å². The number of ether oxygens (including phenoxy) is 2. The molecule has 5 nitrogen and oxygen atoms in total. The van der Waals surface area contributed by atoms with Crippen molar-refractivity contribution in [3.05, 3.63) is 0 Å². The van der Waals surface area contributed by atoms with Gasteiger partial charge in [-0.05, 0) is 26.7 Å². The molecule has 0 radical (unpaired) electrons. The fourth-order valence-corrected chi connectivity index (χ4v) is 2.77. The molecule has 0 aromatic heterocycles. The van der Waals surface area contributed by atoms with Gasteiger partial charge < -0.3 is 20.1 Å². The zero-order chi connectivity index (χ0) is 13.0. The Labute approximate surface area is 109 Å². The largest absolute Gasteiger partial charge is 0.355 e. The average Bonchev–Trinajstić information content (AvgIpc) is 2.81. The molecule has 2 N–H and O–H groups in total. The van der Waals surface area contributed by atoms with Gasteiger partial charge in [0.15, 0.2) is 5.79 Å².